The molecule has 1 amide bonds. The van der Waals surface area contributed by atoms with Crippen molar-refractivity contribution in [2.45, 2.75) is 50.9 Å². The molecule has 150 valence electrons. The van der Waals surface area contributed by atoms with Crippen LogP contribution >= 0.6 is 11.3 Å². The number of hydrogen-bond donors (Lipinski definition) is 1. The number of anilines is 1. The molecule has 28 heavy (non-hydrogen) atoms. The zero-order valence-electron chi connectivity index (χ0n) is 16.4. The molecule has 2 fully saturated rings. The fourth-order valence-corrected chi connectivity index (χ4v) is 5.29. The molecule has 2 aromatic heterocycles. The molecule has 0 atom stereocenters. The minimum atomic E-state index is -0.345. The first-order chi connectivity index (χ1) is 13.7. The molecule has 1 aliphatic carbocycles. The van der Waals surface area contributed by atoms with Gasteiger partial charge in [-0.3, -0.25) is 4.79 Å². The van der Waals surface area contributed by atoms with Crippen molar-refractivity contribution in [3.8, 4) is 5.88 Å². The molecule has 2 aromatic rings. The lowest BCUT2D eigenvalue weighted by molar-refractivity contribution is -0.126. The third kappa shape index (κ3) is 3.99. The maximum Gasteiger partial charge on any atom is 0.231 e. The van der Waals surface area contributed by atoms with E-state index in [1.807, 2.05) is 19.1 Å². The number of hydrogen-bond acceptors (Lipinski definition) is 6. The number of carbonyl (C=O) groups excluding carboxylic acids is 1. The first-order valence-electron chi connectivity index (χ1n) is 10.2. The number of aromatic nitrogens is 2. The summed E-state index contributed by atoms with van der Waals surface area (Å²) in [6.45, 7) is 4.85. The van der Waals surface area contributed by atoms with E-state index in [9.17, 15) is 4.79 Å². The monoisotopic (exact) mass is 400 g/mol. The van der Waals surface area contributed by atoms with E-state index in [1.54, 1.807) is 11.3 Å². The van der Waals surface area contributed by atoms with Crippen molar-refractivity contribution in [3.63, 3.8) is 0 Å². The van der Waals surface area contributed by atoms with E-state index in [1.165, 1.54) is 17.7 Å². The van der Waals surface area contributed by atoms with Gasteiger partial charge in [0, 0.05) is 24.0 Å². The average molecular weight is 401 g/mol. The molecule has 1 saturated heterocycles. The lowest BCUT2D eigenvalue weighted by Crippen LogP contribution is -2.43. The van der Waals surface area contributed by atoms with Crippen LogP contribution in [0.1, 0.15) is 49.2 Å². The molecule has 2 aliphatic rings. The van der Waals surface area contributed by atoms with Crippen LogP contribution in [-0.2, 0) is 10.2 Å². The Labute approximate surface area is 170 Å². The molecule has 4 rings (SSSR count). The van der Waals surface area contributed by atoms with Crippen LogP contribution in [0.2, 0.25) is 0 Å². The standard InChI is InChI=1S/C21H28N4O2S/c1-16-23-18(25-11-4-5-12-25)15-19(24-16)27-13-10-22-20(26)21(8-2-3-9-21)17-7-6-14-28-17/h6-7,14-15H,2-5,8-13H2,1H3,(H,22,26). The van der Waals surface area contributed by atoms with Crippen LogP contribution in [0.3, 0.4) is 0 Å². The molecule has 0 unspecified atom stereocenters. The summed E-state index contributed by atoms with van der Waals surface area (Å²) in [7, 11) is 0. The van der Waals surface area contributed by atoms with Gasteiger partial charge in [-0.25, -0.2) is 4.98 Å². The van der Waals surface area contributed by atoms with Gasteiger partial charge in [0.1, 0.15) is 18.2 Å². The Morgan fingerprint density at radius 1 is 1.25 bits per heavy atom. The van der Waals surface area contributed by atoms with Crippen LogP contribution in [0, 0.1) is 6.92 Å². The van der Waals surface area contributed by atoms with Gasteiger partial charge in [-0.1, -0.05) is 18.9 Å². The maximum atomic E-state index is 13.0. The highest BCUT2D eigenvalue weighted by Gasteiger charge is 2.43. The summed E-state index contributed by atoms with van der Waals surface area (Å²) in [6, 6.07) is 6.03. The molecule has 0 bridgehead atoms. The zero-order chi connectivity index (χ0) is 19.4. The van der Waals surface area contributed by atoms with Gasteiger partial charge in [0.15, 0.2) is 0 Å². The van der Waals surface area contributed by atoms with Gasteiger partial charge in [-0.05, 0) is 44.1 Å². The molecular weight excluding hydrogens is 372 g/mol. The fraction of sp³-hybridized carbons (Fsp3) is 0.571. The van der Waals surface area contributed by atoms with E-state index in [0.29, 0.717) is 24.9 Å². The van der Waals surface area contributed by atoms with Crippen LogP contribution in [0.4, 0.5) is 5.82 Å². The van der Waals surface area contributed by atoms with Crippen LogP contribution in [-0.4, -0.2) is 42.1 Å². The minimum Gasteiger partial charge on any atom is -0.476 e. The minimum absolute atomic E-state index is 0.132. The molecule has 7 heteroatoms. The SMILES string of the molecule is Cc1nc(OCCNC(=O)C2(c3cccs3)CCCC2)cc(N2CCCC2)n1. The number of aryl methyl sites for hydroxylation is 1. The molecule has 1 saturated carbocycles. The average Bonchev–Trinajstić information content (AvgIpc) is 3.46. The second-order valence-electron chi connectivity index (χ2n) is 7.68. The van der Waals surface area contributed by atoms with E-state index in [0.717, 1.165) is 44.6 Å². The number of ether oxygens (including phenoxy) is 1. The summed E-state index contributed by atoms with van der Waals surface area (Å²) in [6.07, 6.45) is 6.51. The quantitative estimate of drug-likeness (QED) is 0.721. The summed E-state index contributed by atoms with van der Waals surface area (Å²) in [5.74, 6) is 2.36. The molecule has 1 aliphatic heterocycles. The third-order valence-corrected chi connectivity index (χ3v) is 6.83. The summed E-state index contributed by atoms with van der Waals surface area (Å²) >= 11 is 1.68. The molecule has 1 N–H and O–H groups in total. The number of thiophene rings is 1. The summed E-state index contributed by atoms with van der Waals surface area (Å²) in [4.78, 5) is 25.3. The Morgan fingerprint density at radius 3 is 2.75 bits per heavy atom. The largest absolute Gasteiger partial charge is 0.476 e. The van der Waals surface area contributed by atoms with Gasteiger partial charge < -0.3 is 15.0 Å². The Kier molecular flexibility index (Phi) is 5.80. The Hall–Kier alpha value is -2.15. The lowest BCUT2D eigenvalue weighted by atomic mass is 9.83. The van der Waals surface area contributed by atoms with E-state index in [4.69, 9.17) is 4.74 Å². The van der Waals surface area contributed by atoms with Crippen molar-refractivity contribution in [1.82, 2.24) is 15.3 Å². The van der Waals surface area contributed by atoms with Crippen molar-refractivity contribution in [2.24, 2.45) is 0 Å². The van der Waals surface area contributed by atoms with Crippen LogP contribution in [0.15, 0.2) is 23.6 Å². The van der Waals surface area contributed by atoms with E-state index in [-0.39, 0.29) is 11.3 Å². The first kappa shape index (κ1) is 19.2. The number of amides is 1. The van der Waals surface area contributed by atoms with Gasteiger partial charge in [-0.15, -0.1) is 11.3 Å². The number of nitrogens with one attached hydrogen (secondary N) is 1. The van der Waals surface area contributed by atoms with Gasteiger partial charge in [0.25, 0.3) is 0 Å². The van der Waals surface area contributed by atoms with Crippen molar-refractivity contribution in [1.29, 1.82) is 0 Å². The molecule has 6 nitrogen and oxygen atoms in total. The predicted octanol–water partition coefficient (Wildman–Crippen LogP) is 3.45. The predicted molar refractivity (Wildman–Crippen MR) is 111 cm³/mol. The van der Waals surface area contributed by atoms with Gasteiger partial charge in [-0.2, -0.15) is 4.98 Å². The Morgan fingerprint density at radius 2 is 2.04 bits per heavy atom. The van der Waals surface area contributed by atoms with Crippen LogP contribution in [0.25, 0.3) is 0 Å². The second kappa shape index (κ2) is 8.47. The van der Waals surface area contributed by atoms with Gasteiger partial charge in [0.05, 0.1) is 12.0 Å². The van der Waals surface area contributed by atoms with Gasteiger partial charge >= 0.3 is 0 Å². The molecule has 0 spiro atoms. The molecular formula is C21H28N4O2S. The highest BCUT2D eigenvalue weighted by Crippen LogP contribution is 2.43. The van der Waals surface area contributed by atoms with Crippen molar-refractivity contribution < 1.29 is 9.53 Å². The zero-order valence-corrected chi connectivity index (χ0v) is 17.3. The third-order valence-electron chi connectivity index (χ3n) is 5.75. The summed E-state index contributed by atoms with van der Waals surface area (Å²) in [5.41, 5.74) is -0.345. The Balaban J connectivity index is 1.32. The molecule has 0 radical (unpaired) electrons. The van der Waals surface area contributed by atoms with Crippen molar-refractivity contribution in [2.75, 3.05) is 31.1 Å². The smallest absolute Gasteiger partial charge is 0.231 e. The summed E-state index contributed by atoms with van der Waals surface area (Å²) < 4.78 is 5.83. The Bertz CT molecular complexity index is 797. The lowest BCUT2D eigenvalue weighted by Gasteiger charge is -2.26. The first-order valence-corrected chi connectivity index (χ1v) is 11.1. The summed E-state index contributed by atoms with van der Waals surface area (Å²) in [5, 5.41) is 5.15. The number of carbonyl (C=O) groups is 1. The molecule has 0 aromatic carbocycles. The number of nitrogens with zero attached hydrogens (tertiary/aromatic N) is 3. The van der Waals surface area contributed by atoms with Gasteiger partial charge in [0.2, 0.25) is 11.8 Å². The van der Waals surface area contributed by atoms with Crippen LogP contribution in [0.5, 0.6) is 5.88 Å². The maximum absolute atomic E-state index is 13.0. The topological polar surface area (TPSA) is 67.3 Å². The normalized spacial score (nSPS) is 18.4. The second-order valence-corrected chi connectivity index (χ2v) is 8.62. The van der Waals surface area contributed by atoms with E-state index >= 15 is 0 Å². The molecule has 3 heterocycles. The van der Waals surface area contributed by atoms with E-state index in [2.05, 4.69) is 31.6 Å². The van der Waals surface area contributed by atoms with Crippen molar-refractivity contribution >= 4 is 23.1 Å². The fourth-order valence-electron chi connectivity index (χ4n) is 4.31. The number of rotatable bonds is 7. The van der Waals surface area contributed by atoms with Crippen LogP contribution < -0.4 is 15.0 Å². The van der Waals surface area contributed by atoms with E-state index < -0.39 is 0 Å². The highest BCUT2D eigenvalue weighted by molar-refractivity contribution is 7.10. The highest BCUT2D eigenvalue weighted by atomic mass is 32.1. The van der Waals surface area contributed by atoms with Crippen molar-refractivity contribution in [3.05, 3.63) is 34.3 Å².